The first-order valence-electron chi connectivity index (χ1n) is 10.4. The number of piperidine rings is 1. The molecule has 0 radical (unpaired) electrons. The highest BCUT2D eigenvalue weighted by molar-refractivity contribution is 5.80. The number of guanidine groups is 1. The second-order valence-electron chi connectivity index (χ2n) is 7.45. The molecule has 1 saturated heterocycles. The van der Waals surface area contributed by atoms with Gasteiger partial charge < -0.3 is 20.6 Å². The summed E-state index contributed by atoms with van der Waals surface area (Å²) in [5.74, 6) is 0.544. The van der Waals surface area contributed by atoms with E-state index >= 15 is 0 Å². The number of aliphatic hydroxyl groups excluding tert-OH is 1. The Morgan fingerprint density at radius 2 is 1.93 bits per heavy atom. The van der Waals surface area contributed by atoms with E-state index < -0.39 is 6.10 Å². The molecule has 1 heterocycles. The highest BCUT2D eigenvalue weighted by Crippen LogP contribution is 2.20. The van der Waals surface area contributed by atoms with Gasteiger partial charge in [-0.15, -0.1) is 0 Å². The molecule has 0 bridgehead atoms. The van der Waals surface area contributed by atoms with Crippen LogP contribution in [0.3, 0.4) is 0 Å². The molecule has 3 rings (SSSR count). The number of hydrogen-bond donors (Lipinski definition) is 3. The molecule has 1 aliphatic rings. The van der Waals surface area contributed by atoms with Gasteiger partial charge in [0.15, 0.2) is 5.96 Å². The van der Waals surface area contributed by atoms with Crippen molar-refractivity contribution in [2.24, 2.45) is 4.99 Å². The Bertz CT molecular complexity index is 775. The van der Waals surface area contributed by atoms with Gasteiger partial charge in [0.2, 0.25) is 0 Å². The zero-order valence-electron chi connectivity index (χ0n) is 17.0. The molecule has 0 aromatic heterocycles. The van der Waals surface area contributed by atoms with E-state index in [0.29, 0.717) is 19.0 Å². The van der Waals surface area contributed by atoms with Crippen molar-refractivity contribution in [3.05, 3.63) is 66.0 Å². The Labute approximate surface area is 172 Å². The van der Waals surface area contributed by atoms with Crippen molar-refractivity contribution in [1.29, 1.82) is 0 Å². The lowest BCUT2D eigenvalue weighted by Gasteiger charge is -2.34. The van der Waals surface area contributed by atoms with E-state index in [2.05, 4.69) is 20.5 Å². The molecule has 1 unspecified atom stereocenters. The third-order valence-electron chi connectivity index (χ3n) is 5.13. The largest absolute Gasteiger partial charge is 0.391 e. The van der Waals surface area contributed by atoms with Gasteiger partial charge in [0, 0.05) is 37.8 Å². The van der Waals surface area contributed by atoms with Gasteiger partial charge in [-0.3, -0.25) is 4.99 Å². The second kappa shape index (κ2) is 10.8. The molecule has 6 heteroatoms. The van der Waals surface area contributed by atoms with Gasteiger partial charge >= 0.3 is 0 Å². The number of benzene rings is 2. The number of hydrogen-bond acceptors (Lipinski definition) is 3. The van der Waals surface area contributed by atoms with E-state index in [9.17, 15) is 9.50 Å². The Hall–Kier alpha value is -2.60. The molecule has 0 saturated carbocycles. The van der Waals surface area contributed by atoms with Gasteiger partial charge in [0.1, 0.15) is 5.82 Å². The van der Waals surface area contributed by atoms with Crippen LogP contribution in [0.1, 0.15) is 25.3 Å². The van der Waals surface area contributed by atoms with Crippen molar-refractivity contribution < 1.29 is 9.50 Å². The fraction of sp³-hybridized carbons (Fsp3) is 0.435. The molecule has 1 atom stereocenters. The molecule has 5 nitrogen and oxygen atoms in total. The van der Waals surface area contributed by atoms with E-state index in [-0.39, 0.29) is 5.82 Å². The molecule has 2 aromatic rings. The lowest BCUT2D eigenvalue weighted by molar-refractivity contribution is 0.183. The SMILES string of the molecule is CCNC(=NCC(O)Cc1ccccc1)NC1CCN(c2cccc(F)c2)CC1. The molecule has 2 aromatic carbocycles. The summed E-state index contributed by atoms with van der Waals surface area (Å²) in [6.45, 7) is 4.90. The highest BCUT2D eigenvalue weighted by atomic mass is 19.1. The molecule has 29 heavy (non-hydrogen) atoms. The summed E-state index contributed by atoms with van der Waals surface area (Å²) in [5.41, 5.74) is 2.05. The van der Waals surface area contributed by atoms with E-state index in [1.807, 2.05) is 43.3 Å². The fourth-order valence-corrected chi connectivity index (χ4v) is 3.62. The third kappa shape index (κ3) is 6.75. The first-order chi connectivity index (χ1) is 14.1. The summed E-state index contributed by atoms with van der Waals surface area (Å²) in [5, 5.41) is 17.1. The van der Waals surface area contributed by atoms with Gasteiger partial charge in [-0.1, -0.05) is 36.4 Å². The average molecular weight is 399 g/mol. The first kappa shape index (κ1) is 21.1. The molecular formula is C23H31FN4O. The molecule has 1 fully saturated rings. The maximum Gasteiger partial charge on any atom is 0.191 e. The van der Waals surface area contributed by atoms with Crippen LogP contribution in [-0.4, -0.2) is 49.4 Å². The van der Waals surface area contributed by atoms with Crippen LogP contribution in [0.2, 0.25) is 0 Å². The van der Waals surface area contributed by atoms with Crippen LogP contribution < -0.4 is 15.5 Å². The minimum atomic E-state index is -0.511. The number of aliphatic hydroxyl groups is 1. The Balaban J connectivity index is 1.49. The van der Waals surface area contributed by atoms with Crippen LogP contribution in [0.5, 0.6) is 0 Å². The van der Waals surface area contributed by atoms with Crippen molar-refractivity contribution in [3.8, 4) is 0 Å². The van der Waals surface area contributed by atoms with E-state index in [1.54, 1.807) is 12.1 Å². The maximum absolute atomic E-state index is 13.5. The maximum atomic E-state index is 13.5. The molecule has 1 aliphatic heterocycles. The number of anilines is 1. The number of halogens is 1. The summed E-state index contributed by atoms with van der Waals surface area (Å²) < 4.78 is 13.5. The molecule has 3 N–H and O–H groups in total. The number of nitrogens with one attached hydrogen (secondary N) is 2. The monoisotopic (exact) mass is 398 g/mol. The van der Waals surface area contributed by atoms with Gasteiger partial charge in [-0.05, 0) is 43.5 Å². The van der Waals surface area contributed by atoms with Gasteiger partial charge in [0.25, 0.3) is 0 Å². The molecule has 0 aliphatic carbocycles. The Kier molecular flexibility index (Phi) is 7.87. The Morgan fingerprint density at radius 3 is 2.62 bits per heavy atom. The standard InChI is InChI=1S/C23H31FN4O/c1-2-25-23(26-17-22(29)15-18-7-4-3-5-8-18)27-20-11-13-28(14-12-20)21-10-6-9-19(24)16-21/h3-10,16,20,22,29H,2,11-15,17H2,1H3,(H2,25,26,27). The molecular weight excluding hydrogens is 367 g/mol. The van der Waals surface area contributed by atoms with Crippen LogP contribution in [-0.2, 0) is 6.42 Å². The van der Waals surface area contributed by atoms with Crippen LogP contribution in [0.4, 0.5) is 10.1 Å². The zero-order chi connectivity index (χ0) is 20.5. The normalized spacial score (nSPS) is 16.5. The predicted octanol–water partition coefficient (Wildman–Crippen LogP) is 2.95. The molecule has 0 amide bonds. The van der Waals surface area contributed by atoms with Crippen molar-refractivity contribution >= 4 is 11.6 Å². The predicted molar refractivity (Wildman–Crippen MR) is 117 cm³/mol. The summed E-state index contributed by atoms with van der Waals surface area (Å²) in [6.07, 6.45) is 1.99. The summed E-state index contributed by atoms with van der Waals surface area (Å²) in [6, 6.07) is 17.1. The van der Waals surface area contributed by atoms with Crippen molar-refractivity contribution in [1.82, 2.24) is 10.6 Å². The minimum Gasteiger partial charge on any atom is -0.391 e. The topological polar surface area (TPSA) is 59.9 Å². The Morgan fingerprint density at radius 1 is 1.17 bits per heavy atom. The van der Waals surface area contributed by atoms with Crippen LogP contribution in [0.15, 0.2) is 59.6 Å². The van der Waals surface area contributed by atoms with Crippen molar-refractivity contribution in [2.45, 2.75) is 38.3 Å². The highest BCUT2D eigenvalue weighted by Gasteiger charge is 2.20. The van der Waals surface area contributed by atoms with Gasteiger partial charge in [0.05, 0.1) is 12.6 Å². The fourth-order valence-electron chi connectivity index (χ4n) is 3.62. The van der Waals surface area contributed by atoms with Crippen LogP contribution in [0.25, 0.3) is 0 Å². The molecule has 156 valence electrons. The summed E-state index contributed by atoms with van der Waals surface area (Å²) in [4.78, 5) is 6.79. The van der Waals surface area contributed by atoms with Crippen molar-refractivity contribution in [2.75, 3.05) is 31.1 Å². The lowest BCUT2D eigenvalue weighted by atomic mass is 10.0. The minimum absolute atomic E-state index is 0.196. The second-order valence-corrected chi connectivity index (χ2v) is 7.45. The van der Waals surface area contributed by atoms with Gasteiger partial charge in [-0.2, -0.15) is 0 Å². The number of rotatable bonds is 7. The van der Waals surface area contributed by atoms with Crippen LogP contribution >= 0.6 is 0 Å². The van der Waals surface area contributed by atoms with Crippen LogP contribution in [0, 0.1) is 5.82 Å². The summed E-state index contributed by atoms with van der Waals surface area (Å²) in [7, 11) is 0. The zero-order valence-corrected chi connectivity index (χ0v) is 17.0. The average Bonchev–Trinajstić information content (AvgIpc) is 2.73. The number of aliphatic imine (C=N–C) groups is 1. The number of nitrogens with zero attached hydrogens (tertiary/aromatic N) is 2. The first-order valence-corrected chi connectivity index (χ1v) is 10.4. The van der Waals surface area contributed by atoms with E-state index in [1.165, 1.54) is 6.07 Å². The van der Waals surface area contributed by atoms with E-state index in [0.717, 1.165) is 49.7 Å². The summed E-state index contributed by atoms with van der Waals surface area (Å²) >= 11 is 0. The third-order valence-corrected chi connectivity index (χ3v) is 5.13. The van der Waals surface area contributed by atoms with E-state index in [4.69, 9.17) is 0 Å². The quantitative estimate of drug-likeness (QED) is 0.496. The van der Waals surface area contributed by atoms with Gasteiger partial charge in [-0.25, -0.2) is 4.39 Å². The smallest absolute Gasteiger partial charge is 0.191 e. The molecule has 0 spiro atoms. The lowest BCUT2D eigenvalue weighted by Crippen LogP contribution is -2.49. The van der Waals surface area contributed by atoms with Crippen molar-refractivity contribution in [3.63, 3.8) is 0 Å².